The van der Waals surface area contributed by atoms with Gasteiger partial charge < -0.3 is 29.4 Å². The van der Waals surface area contributed by atoms with Crippen LogP contribution < -0.4 is 5.32 Å². The number of rotatable bonds is 10. The van der Waals surface area contributed by atoms with Crippen LogP contribution in [0, 0.1) is 0 Å². The molecule has 1 aromatic rings. The highest BCUT2D eigenvalue weighted by Crippen LogP contribution is 2.27. The number of carbonyl (C=O) groups excluding carboxylic acids is 2. The molecule has 180 valence electrons. The third-order valence-corrected chi connectivity index (χ3v) is 5.21. The number of esters is 1. The first-order valence-electron chi connectivity index (χ1n) is 9.85. The predicted molar refractivity (Wildman–Crippen MR) is 111 cm³/mol. The highest BCUT2D eigenvalue weighted by atomic mass is 32.2. The molecule has 1 aliphatic heterocycles. The fourth-order valence-corrected chi connectivity index (χ4v) is 3.53. The lowest BCUT2D eigenvalue weighted by molar-refractivity contribution is -0.283. The zero-order valence-corrected chi connectivity index (χ0v) is 19.1. The van der Waals surface area contributed by atoms with Crippen LogP contribution in [0.3, 0.4) is 0 Å². The molecule has 1 aromatic carbocycles. The highest BCUT2D eigenvalue weighted by Gasteiger charge is 2.48. The van der Waals surface area contributed by atoms with Gasteiger partial charge in [-0.15, -0.1) is 0 Å². The van der Waals surface area contributed by atoms with Crippen molar-refractivity contribution in [2.24, 2.45) is 0 Å². The summed E-state index contributed by atoms with van der Waals surface area (Å²) in [6.45, 7) is 2.25. The minimum atomic E-state index is -3.83. The van der Waals surface area contributed by atoms with Crippen LogP contribution in [0.4, 0.5) is 0 Å². The van der Waals surface area contributed by atoms with E-state index >= 15 is 0 Å². The summed E-state index contributed by atoms with van der Waals surface area (Å²) in [5, 5.41) is 13.5. The van der Waals surface area contributed by atoms with E-state index in [9.17, 15) is 23.1 Å². The van der Waals surface area contributed by atoms with Crippen LogP contribution in [-0.2, 0) is 49.4 Å². The molecule has 1 unspecified atom stereocenters. The van der Waals surface area contributed by atoms with E-state index in [0.29, 0.717) is 0 Å². The number of carbonyl (C=O) groups is 2. The SMILES string of the molecule is COC(=O)C(C)O[C@H]1[C@H](O)[C@@H](COS(C)(=O)=O)O[C@H](OCc2ccccc2)[C@@H]1NC(C)=O. The number of ether oxygens (including phenoxy) is 4. The van der Waals surface area contributed by atoms with E-state index in [1.165, 1.54) is 21.0 Å². The van der Waals surface area contributed by atoms with Gasteiger partial charge >= 0.3 is 5.97 Å². The van der Waals surface area contributed by atoms with Gasteiger partial charge in [0.15, 0.2) is 12.4 Å². The first kappa shape index (κ1) is 26.2. The smallest absolute Gasteiger partial charge is 0.334 e. The van der Waals surface area contributed by atoms with E-state index < -0.39 is 65.3 Å². The van der Waals surface area contributed by atoms with E-state index in [2.05, 4.69) is 10.1 Å². The fourth-order valence-electron chi connectivity index (χ4n) is 3.15. The third kappa shape index (κ3) is 7.80. The van der Waals surface area contributed by atoms with Gasteiger partial charge in [0.25, 0.3) is 10.1 Å². The van der Waals surface area contributed by atoms with Crippen LogP contribution in [0.15, 0.2) is 30.3 Å². The van der Waals surface area contributed by atoms with E-state index in [0.717, 1.165) is 11.8 Å². The second kappa shape index (κ2) is 11.7. The largest absolute Gasteiger partial charge is 0.467 e. The molecule has 1 aliphatic rings. The number of amides is 1. The molecule has 1 saturated heterocycles. The predicted octanol–water partition coefficient (Wildman–Crippen LogP) is -0.283. The summed E-state index contributed by atoms with van der Waals surface area (Å²) in [6.07, 6.45) is -5.23. The molecule has 6 atom stereocenters. The summed E-state index contributed by atoms with van der Waals surface area (Å²) >= 11 is 0. The van der Waals surface area contributed by atoms with Gasteiger partial charge in [-0.25, -0.2) is 4.79 Å². The average molecular weight is 476 g/mol. The Balaban J connectivity index is 2.30. The summed E-state index contributed by atoms with van der Waals surface area (Å²) in [5.74, 6) is -1.15. The van der Waals surface area contributed by atoms with Gasteiger partial charge in [-0.1, -0.05) is 30.3 Å². The quantitative estimate of drug-likeness (QED) is 0.342. The second-order valence-corrected chi connectivity index (χ2v) is 8.96. The maximum atomic E-state index is 11.9. The Labute approximate surface area is 187 Å². The molecule has 0 aliphatic carbocycles. The molecule has 1 fully saturated rings. The normalized spacial score (nSPS) is 26.8. The van der Waals surface area contributed by atoms with Crippen molar-refractivity contribution in [2.45, 2.75) is 57.2 Å². The van der Waals surface area contributed by atoms with Crippen molar-refractivity contribution in [2.75, 3.05) is 20.0 Å². The van der Waals surface area contributed by atoms with Gasteiger partial charge in [0.1, 0.15) is 24.4 Å². The van der Waals surface area contributed by atoms with Crippen LogP contribution in [0.25, 0.3) is 0 Å². The lowest BCUT2D eigenvalue weighted by atomic mass is 9.96. The number of benzene rings is 1. The van der Waals surface area contributed by atoms with Gasteiger partial charge in [0, 0.05) is 6.92 Å². The topological polar surface area (TPSA) is 147 Å². The molecule has 1 heterocycles. The highest BCUT2D eigenvalue weighted by molar-refractivity contribution is 7.85. The Morgan fingerprint density at radius 2 is 1.91 bits per heavy atom. The summed E-state index contributed by atoms with van der Waals surface area (Å²) in [5.41, 5.74) is 0.813. The molecule has 0 bridgehead atoms. The van der Waals surface area contributed by atoms with Gasteiger partial charge in [-0.05, 0) is 12.5 Å². The number of methoxy groups -OCH3 is 1. The van der Waals surface area contributed by atoms with Crippen molar-refractivity contribution >= 4 is 22.0 Å². The molecule has 1 amide bonds. The van der Waals surface area contributed by atoms with Crippen LogP contribution in [0.5, 0.6) is 0 Å². The van der Waals surface area contributed by atoms with E-state index in [-0.39, 0.29) is 6.61 Å². The Kier molecular flexibility index (Phi) is 9.55. The molecular weight excluding hydrogens is 446 g/mol. The van der Waals surface area contributed by atoms with Gasteiger partial charge in [-0.3, -0.25) is 8.98 Å². The molecular formula is C20H29NO10S. The lowest BCUT2D eigenvalue weighted by Crippen LogP contribution is -2.66. The Morgan fingerprint density at radius 3 is 2.47 bits per heavy atom. The van der Waals surface area contributed by atoms with Crippen LogP contribution in [0.1, 0.15) is 19.4 Å². The minimum Gasteiger partial charge on any atom is -0.467 e. The first-order chi connectivity index (χ1) is 15.0. The minimum absolute atomic E-state index is 0.0939. The maximum absolute atomic E-state index is 11.9. The van der Waals surface area contributed by atoms with Crippen molar-refractivity contribution in [3.8, 4) is 0 Å². The van der Waals surface area contributed by atoms with E-state index in [4.69, 9.17) is 18.4 Å². The molecule has 0 spiro atoms. The van der Waals surface area contributed by atoms with Crippen LogP contribution >= 0.6 is 0 Å². The summed E-state index contributed by atoms with van der Waals surface area (Å²) in [4.78, 5) is 23.7. The zero-order valence-electron chi connectivity index (χ0n) is 18.3. The molecule has 12 heteroatoms. The molecule has 2 rings (SSSR count). The average Bonchev–Trinajstić information content (AvgIpc) is 2.73. The van der Waals surface area contributed by atoms with Crippen molar-refractivity contribution in [3.63, 3.8) is 0 Å². The molecule has 11 nitrogen and oxygen atoms in total. The summed E-state index contributed by atoms with van der Waals surface area (Å²) in [6, 6.07) is 8.11. The van der Waals surface area contributed by atoms with E-state index in [1.54, 1.807) is 0 Å². The molecule has 2 N–H and O–H groups in total. The zero-order chi connectivity index (χ0) is 23.9. The molecule has 32 heavy (non-hydrogen) atoms. The van der Waals surface area contributed by atoms with Crippen molar-refractivity contribution in [1.82, 2.24) is 5.32 Å². The fraction of sp³-hybridized carbons (Fsp3) is 0.600. The monoisotopic (exact) mass is 475 g/mol. The number of aliphatic hydroxyl groups excluding tert-OH is 1. The van der Waals surface area contributed by atoms with Crippen molar-refractivity contribution in [1.29, 1.82) is 0 Å². The Bertz CT molecular complexity index is 862. The molecule has 0 radical (unpaired) electrons. The lowest BCUT2D eigenvalue weighted by Gasteiger charge is -2.44. The number of hydrogen-bond donors (Lipinski definition) is 2. The first-order valence-corrected chi connectivity index (χ1v) is 11.7. The standard InChI is InChI=1S/C20H29NO10S/c1-12(19(24)27-3)30-18-16(21-13(2)22)20(28-10-14-8-6-5-7-9-14)31-15(17(18)23)11-29-32(4,25)26/h5-9,12,15-18,20,23H,10-11H2,1-4H3,(H,21,22)/t12?,15-,16-,17-,18-,20+/m1/s1. The van der Waals surface area contributed by atoms with Crippen LogP contribution in [0.2, 0.25) is 0 Å². The third-order valence-electron chi connectivity index (χ3n) is 4.64. The number of aliphatic hydroxyl groups is 1. The molecule has 0 saturated carbocycles. The van der Waals surface area contributed by atoms with E-state index in [1.807, 2.05) is 30.3 Å². The summed E-state index contributed by atoms with van der Waals surface area (Å²) < 4.78 is 49.6. The van der Waals surface area contributed by atoms with Crippen LogP contribution in [-0.4, -0.2) is 82.1 Å². The Morgan fingerprint density at radius 1 is 1.25 bits per heavy atom. The maximum Gasteiger partial charge on any atom is 0.334 e. The second-order valence-electron chi connectivity index (χ2n) is 7.31. The molecule has 0 aromatic heterocycles. The van der Waals surface area contributed by atoms with Gasteiger partial charge in [-0.2, -0.15) is 8.42 Å². The van der Waals surface area contributed by atoms with Crippen molar-refractivity contribution in [3.05, 3.63) is 35.9 Å². The summed E-state index contributed by atoms with van der Waals surface area (Å²) in [7, 11) is -2.64. The number of nitrogens with one attached hydrogen (secondary N) is 1. The number of hydrogen-bond acceptors (Lipinski definition) is 10. The Hall–Kier alpha value is -2.09. The van der Waals surface area contributed by atoms with Gasteiger partial charge in [0.05, 0.1) is 26.6 Å². The van der Waals surface area contributed by atoms with Crippen molar-refractivity contribution < 1.29 is 46.2 Å². The van der Waals surface area contributed by atoms with Gasteiger partial charge in [0.2, 0.25) is 5.91 Å².